The Kier molecular flexibility index (Phi) is 40.7. The first kappa shape index (κ1) is 55.0. The zero-order valence-corrected chi connectivity index (χ0v) is 37.3. The van der Waals surface area contributed by atoms with Gasteiger partial charge in [0, 0.05) is 6.42 Å². The third kappa shape index (κ3) is 42.0. The monoisotopic (exact) mass is 828 g/mol. The number of phosphoric ester groups is 1. The highest BCUT2D eigenvalue weighted by Crippen LogP contribution is 2.43. The summed E-state index contributed by atoms with van der Waals surface area (Å²) in [4.78, 5) is 33.6. The van der Waals surface area contributed by atoms with Crippen molar-refractivity contribution in [1.29, 1.82) is 0 Å². The van der Waals surface area contributed by atoms with Crippen LogP contribution in [0.2, 0.25) is 0 Å². The van der Waals surface area contributed by atoms with E-state index in [2.05, 4.69) is 38.2 Å². The Hall–Kier alpha value is -1.97. The van der Waals surface area contributed by atoms with Crippen molar-refractivity contribution in [3.8, 4) is 0 Å². The summed E-state index contributed by atoms with van der Waals surface area (Å²) in [7, 11) is -4.63. The summed E-state index contributed by atoms with van der Waals surface area (Å²) in [6.07, 6.45) is 48.5. The summed E-state index contributed by atoms with van der Waals surface area (Å²) in [5, 5.41) is 8.90. The van der Waals surface area contributed by atoms with Gasteiger partial charge >= 0.3 is 19.8 Å². The number of esters is 1. The first-order valence-electron chi connectivity index (χ1n) is 23.1. The van der Waals surface area contributed by atoms with Crippen LogP contribution < -0.4 is 5.73 Å². The number of rotatable bonds is 44. The zero-order chi connectivity index (χ0) is 41.9. The lowest BCUT2D eigenvalue weighted by atomic mass is 10.0. The van der Waals surface area contributed by atoms with Crippen LogP contribution in [-0.4, -0.2) is 53.9 Å². The maximum atomic E-state index is 12.6. The Morgan fingerprint density at radius 1 is 0.561 bits per heavy atom. The van der Waals surface area contributed by atoms with Gasteiger partial charge in [0.05, 0.1) is 19.5 Å². The summed E-state index contributed by atoms with van der Waals surface area (Å²) >= 11 is 0. The van der Waals surface area contributed by atoms with Crippen molar-refractivity contribution in [2.45, 2.75) is 225 Å². The van der Waals surface area contributed by atoms with Gasteiger partial charge in [-0.1, -0.05) is 179 Å². The fraction of sp³-hybridized carbons (Fsp3) is 0.826. The van der Waals surface area contributed by atoms with Crippen LogP contribution in [0, 0.1) is 0 Å². The van der Waals surface area contributed by atoms with Gasteiger partial charge in [-0.25, -0.2) is 4.57 Å². The number of carboxylic acids is 1. The molecular weight excluding hydrogens is 741 g/mol. The van der Waals surface area contributed by atoms with Gasteiger partial charge in [0.2, 0.25) is 0 Å². The topological polar surface area (TPSA) is 155 Å². The maximum Gasteiger partial charge on any atom is 0.472 e. The SMILES string of the molecule is CCCCC/C=C\C/C=C\CCCCCCCCCCCC(=O)O[C@H](CO/C=C\CCCCCCCCCCCCCCCC)COP(=O)(O)OC[C@H](N)C(=O)O. The molecule has 0 aliphatic heterocycles. The van der Waals surface area contributed by atoms with E-state index in [1.807, 2.05) is 6.08 Å². The standard InChI is InChI=1S/C46H86NO9P/c1-3-5-7-9-11-13-15-17-19-21-22-23-24-26-28-30-32-34-36-38-45(48)56-43(41-54-57(51,52)55-42-44(47)46(49)50)40-53-39-37-35-33-31-29-27-25-20-18-16-14-12-10-8-6-4-2/h11,13,17,19,37,39,43-44H,3-10,12,14-16,18,20-36,38,40-42,47H2,1-2H3,(H,49,50)(H,51,52)/b13-11-,19-17-,39-37-/t43-,44+/m1/s1. The molecule has 0 saturated heterocycles. The lowest BCUT2D eigenvalue weighted by molar-refractivity contribution is -0.153. The molecule has 0 saturated carbocycles. The van der Waals surface area contributed by atoms with Gasteiger partial charge in [0.15, 0.2) is 6.10 Å². The van der Waals surface area contributed by atoms with E-state index in [1.165, 1.54) is 141 Å². The minimum Gasteiger partial charge on any atom is -0.498 e. The van der Waals surface area contributed by atoms with Crippen LogP contribution in [-0.2, 0) is 32.7 Å². The molecule has 0 spiro atoms. The smallest absolute Gasteiger partial charge is 0.472 e. The van der Waals surface area contributed by atoms with Crippen LogP contribution in [0.25, 0.3) is 0 Å². The molecule has 10 nitrogen and oxygen atoms in total. The van der Waals surface area contributed by atoms with Gasteiger partial charge in [-0.15, -0.1) is 0 Å². The van der Waals surface area contributed by atoms with Crippen molar-refractivity contribution < 1.29 is 42.7 Å². The molecule has 0 aromatic rings. The number of ether oxygens (including phenoxy) is 2. The molecule has 1 unspecified atom stereocenters. The zero-order valence-electron chi connectivity index (χ0n) is 36.4. The third-order valence-corrected chi connectivity index (χ3v) is 10.9. The molecule has 0 aliphatic rings. The second kappa shape index (κ2) is 42.2. The Balaban J connectivity index is 4.24. The molecule has 0 aromatic carbocycles. The molecule has 0 fully saturated rings. The number of carboxylic acid groups (broad SMARTS) is 1. The number of aliphatic carboxylic acids is 1. The van der Waals surface area contributed by atoms with Crippen LogP contribution in [0.1, 0.15) is 213 Å². The van der Waals surface area contributed by atoms with Gasteiger partial charge < -0.3 is 25.2 Å². The van der Waals surface area contributed by atoms with E-state index in [0.717, 1.165) is 44.9 Å². The summed E-state index contributed by atoms with van der Waals surface area (Å²) in [6.45, 7) is 3.26. The summed E-state index contributed by atoms with van der Waals surface area (Å²) in [6, 6.07) is -1.48. The predicted octanol–water partition coefficient (Wildman–Crippen LogP) is 13.2. The highest BCUT2D eigenvalue weighted by atomic mass is 31.2. The second-order valence-corrected chi connectivity index (χ2v) is 17.1. The van der Waals surface area contributed by atoms with E-state index in [1.54, 1.807) is 6.26 Å². The predicted molar refractivity (Wildman–Crippen MR) is 235 cm³/mol. The fourth-order valence-electron chi connectivity index (χ4n) is 6.36. The number of hydrogen-bond donors (Lipinski definition) is 3. The molecule has 0 radical (unpaired) electrons. The molecule has 4 N–H and O–H groups in total. The molecule has 0 heterocycles. The quantitative estimate of drug-likeness (QED) is 0.0178. The average Bonchev–Trinajstić information content (AvgIpc) is 3.19. The lowest BCUT2D eigenvalue weighted by Crippen LogP contribution is -2.34. The average molecular weight is 828 g/mol. The minimum absolute atomic E-state index is 0.0670. The number of phosphoric acid groups is 1. The van der Waals surface area contributed by atoms with E-state index in [0.29, 0.717) is 6.42 Å². The molecule has 11 heteroatoms. The molecule has 0 rings (SSSR count). The highest BCUT2D eigenvalue weighted by molar-refractivity contribution is 7.47. The molecule has 0 amide bonds. The molecule has 334 valence electrons. The van der Waals surface area contributed by atoms with E-state index in [4.69, 9.17) is 29.4 Å². The lowest BCUT2D eigenvalue weighted by Gasteiger charge is -2.20. The Morgan fingerprint density at radius 3 is 1.46 bits per heavy atom. The minimum atomic E-state index is -4.63. The summed E-state index contributed by atoms with van der Waals surface area (Å²) in [5.74, 6) is -1.81. The van der Waals surface area contributed by atoms with Crippen molar-refractivity contribution in [2.24, 2.45) is 5.73 Å². The molecular formula is C46H86NO9P. The van der Waals surface area contributed by atoms with Gasteiger partial charge in [-0.2, -0.15) is 0 Å². The Morgan fingerprint density at radius 2 is 0.965 bits per heavy atom. The molecule has 0 bridgehead atoms. The number of hydrogen-bond acceptors (Lipinski definition) is 8. The van der Waals surface area contributed by atoms with Crippen molar-refractivity contribution in [3.05, 3.63) is 36.6 Å². The largest absolute Gasteiger partial charge is 0.498 e. The van der Waals surface area contributed by atoms with E-state index >= 15 is 0 Å². The van der Waals surface area contributed by atoms with Crippen molar-refractivity contribution in [2.75, 3.05) is 19.8 Å². The Labute approximate surface area is 348 Å². The van der Waals surface area contributed by atoms with Crippen LogP contribution >= 0.6 is 7.82 Å². The van der Waals surface area contributed by atoms with E-state index in [9.17, 15) is 19.0 Å². The molecule has 3 atom stereocenters. The number of nitrogens with two attached hydrogens (primary N) is 1. The van der Waals surface area contributed by atoms with Crippen molar-refractivity contribution >= 4 is 19.8 Å². The third-order valence-electron chi connectivity index (χ3n) is 9.99. The van der Waals surface area contributed by atoms with Crippen molar-refractivity contribution in [3.63, 3.8) is 0 Å². The van der Waals surface area contributed by atoms with Crippen LogP contribution in [0.3, 0.4) is 0 Å². The summed E-state index contributed by atoms with van der Waals surface area (Å²) in [5.41, 5.74) is 5.35. The number of unbranched alkanes of at least 4 members (excludes halogenated alkanes) is 26. The number of carbonyl (C=O) groups is 2. The van der Waals surface area contributed by atoms with Gasteiger partial charge in [-0.3, -0.25) is 18.6 Å². The molecule has 0 aliphatic carbocycles. The van der Waals surface area contributed by atoms with Crippen molar-refractivity contribution in [1.82, 2.24) is 0 Å². The first-order chi connectivity index (χ1) is 27.7. The normalized spacial score (nSPS) is 14.1. The first-order valence-corrected chi connectivity index (χ1v) is 24.6. The van der Waals surface area contributed by atoms with Gasteiger partial charge in [-0.05, 0) is 57.4 Å². The summed E-state index contributed by atoms with van der Waals surface area (Å²) < 4.78 is 33.2. The Bertz CT molecular complexity index is 1050. The van der Waals surface area contributed by atoms with Crippen LogP contribution in [0.4, 0.5) is 0 Å². The second-order valence-electron chi connectivity index (χ2n) is 15.6. The van der Waals surface area contributed by atoms with E-state index in [-0.39, 0.29) is 13.0 Å². The van der Waals surface area contributed by atoms with Crippen LogP contribution in [0.15, 0.2) is 36.6 Å². The van der Waals surface area contributed by atoms with E-state index < -0.39 is 45.1 Å². The van der Waals surface area contributed by atoms with Crippen LogP contribution in [0.5, 0.6) is 0 Å². The molecule has 0 aromatic heterocycles. The number of allylic oxidation sites excluding steroid dienone is 5. The maximum absolute atomic E-state index is 12.6. The van der Waals surface area contributed by atoms with Gasteiger partial charge in [0.25, 0.3) is 0 Å². The number of carbonyl (C=O) groups excluding carboxylic acids is 1. The fourth-order valence-corrected chi connectivity index (χ4v) is 7.14. The van der Waals surface area contributed by atoms with Gasteiger partial charge in [0.1, 0.15) is 12.6 Å². The highest BCUT2D eigenvalue weighted by Gasteiger charge is 2.27. The molecule has 57 heavy (non-hydrogen) atoms.